The Bertz CT molecular complexity index is 564. The van der Waals surface area contributed by atoms with E-state index < -0.39 is 5.97 Å². The van der Waals surface area contributed by atoms with Crippen LogP contribution in [0, 0.1) is 0 Å². The van der Waals surface area contributed by atoms with E-state index in [9.17, 15) is 4.79 Å². The van der Waals surface area contributed by atoms with Crippen LogP contribution in [0.5, 0.6) is 0 Å². The Morgan fingerprint density at radius 2 is 2.28 bits per heavy atom. The third kappa shape index (κ3) is 2.21. The molecule has 0 saturated heterocycles. The molecule has 2 aromatic rings. The zero-order valence-corrected chi connectivity index (χ0v) is 10.1. The van der Waals surface area contributed by atoms with Gasteiger partial charge < -0.3 is 10.5 Å². The third-order valence-electron chi connectivity index (χ3n) is 2.38. The molecule has 7 heteroatoms. The molecule has 0 aliphatic heterocycles. The maximum atomic E-state index is 11.3. The first kappa shape index (κ1) is 12.2. The number of esters is 1. The summed E-state index contributed by atoms with van der Waals surface area (Å²) in [7, 11) is 1.27. The Labute approximate surface area is 104 Å². The van der Waals surface area contributed by atoms with Gasteiger partial charge in [-0.1, -0.05) is 6.07 Å². The highest BCUT2D eigenvalue weighted by molar-refractivity contribution is 5.84. The van der Waals surface area contributed by atoms with E-state index in [2.05, 4.69) is 19.8 Å². The van der Waals surface area contributed by atoms with Crippen LogP contribution >= 0.6 is 0 Å². The zero-order chi connectivity index (χ0) is 13.1. The Morgan fingerprint density at radius 3 is 2.94 bits per heavy atom. The fraction of sp³-hybridized carbons (Fsp3) is 0.273. The number of methoxy groups -OCH3 is 1. The molecule has 2 N–H and O–H groups in total. The maximum Gasteiger partial charge on any atom is 0.377 e. The van der Waals surface area contributed by atoms with Crippen molar-refractivity contribution in [3.05, 3.63) is 36.0 Å². The van der Waals surface area contributed by atoms with Crippen LogP contribution in [0.2, 0.25) is 0 Å². The summed E-state index contributed by atoms with van der Waals surface area (Å²) in [6.07, 6.45) is 3.03. The average Bonchev–Trinajstić information content (AvgIpc) is 2.87. The lowest BCUT2D eigenvalue weighted by Gasteiger charge is -2.10. The van der Waals surface area contributed by atoms with Gasteiger partial charge in [-0.25, -0.2) is 19.4 Å². The number of hydrogen-bond donors (Lipinski definition) is 1. The van der Waals surface area contributed by atoms with E-state index in [1.54, 1.807) is 12.3 Å². The zero-order valence-electron chi connectivity index (χ0n) is 10.1. The van der Waals surface area contributed by atoms with Crippen molar-refractivity contribution in [2.45, 2.75) is 13.0 Å². The minimum absolute atomic E-state index is 0.0150. The van der Waals surface area contributed by atoms with Gasteiger partial charge in [-0.15, -0.1) is 5.10 Å². The van der Waals surface area contributed by atoms with Gasteiger partial charge in [0, 0.05) is 17.8 Å². The molecule has 2 heterocycles. The van der Waals surface area contributed by atoms with E-state index in [-0.39, 0.29) is 11.9 Å². The number of nitrogens with two attached hydrogens (primary N) is 1. The number of hydrogen-bond acceptors (Lipinski definition) is 6. The molecule has 1 unspecified atom stereocenters. The molecule has 0 aromatic carbocycles. The number of carbonyl (C=O) groups excluding carboxylic acids is 1. The van der Waals surface area contributed by atoms with Crippen molar-refractivity contribution in [2.75, 3.05) is 7.11 Å². The van der Waals surface area contributed by atoms with Gasteiger partial charge in [-0.2, -0.15) is 0 Å². The summed E-state index contributed by atoms with van der Waals surface area (Å²) in [5.41, 5.74) is 6.67. The monoisotopic (exact) mass is 247 g/mol. The lowest BCUT2D eigenvalue weighted by atomic mass is 10.1. The van der Waals surface area contributed by atoms with Gasteiger partial charge in [0.1, 0.15) is 6.33 Å². The van der Waals surface area contributed by atoms with Gasteiger partial charge in [0.25, 0.3) is 5.82 Å². The third-order valence-corrected chi connectivity index (χ3v) is 2.38. The van der Waals surface area contributed by atoms with Crippen LogP contribution < -0.4 is 5.73 Å². The van der Waals surface area contributed by atoms with E-state index in [0.717, 1.165) is 5.56 Å². The van der Waals surface area contributed by atoms with Crippen LogP contribution in [0.25, 0.3) is 5.82 Å². The van der Waals surface area contributed by atoms with Crippen LogP contribution in [0.3, 0.4) is 0 Å². The summed E-state index contributed by atoms with van der Waals surface area (Å²) in [5, 5.41) is 4.01. The SMILES string of the molecule is COC(=O)c1ncn(-c2ncccc2C(C)N)n1. The quantitative estimate of drug-likeness (QED) is 0.792. The lowest BCUT2D eigenvalue weighted by Crippen LogP contribution is -2.12. The number of pyridine rings is 1. The van der Waals surface area contributed by atoms with Gasteiger partial charge in [-0.3, -0.25) is 0 Å². The predicted molar refractivity (Wildman–Crippen MR) is 63.1 cm³/mol. The number of aromatic nitrogens is 4. The summed E-state index contributed by atoms with van der Waals surface area (Å²) in [6.45, 7) is 1.85. The molecule has 2 rings (SSSR count). The molecule has 18 heavy (non-hydrogen) atoms. The first-order valence-corrected chi connectivity index (χ1v) is 5.34. The molecule has 0 aliphatic carbocycles. The number of carbonyl (C=O) groups is 1. The van der Waals surface area contributed by atoms with Crippen molar-refractivity contribution in [1.82, 2.24) is 19.7 Å². The van der Waals surface area contributed by atoms with Crippen molar-refractivity contribution in [3.63, 3.8) is 0 Å². The second-order valence-corrected chi connectivity index (χ2v) is 3.71. The molecule has 0 fully saturated rings. The fourth-order valence-electron chi connectivity index (χ4n) is 1.51. The molecule has 2 aromatic heterocycles. The number of nitrogens with zero attached hydrogens (tertiary/aromatic N) is 4. The van der Waals surface area contributed by atoms with Crippen molar-refractivity contribution in [2.24, 2.45) is 5.73 Å². The van der Waals surface area contributed by atoms with Gasteiger partial charge >= 0.3 is 5.97 Å². The van der Waals surface area contributed by atoms with Gasteiger partial charge in [0.2, 0.25) is 0 Å². The second-order valence-electron chi connectivity index (χ2n) is 3.71. The van der Waals surface area contributed by atoms with E-state index >= 15 is 0 Å². The Morgan fingerprint density at radius 1 is 1.50 bits per heavy atom. The molecule has 0 saturated carbocycles. The average molecular weight is 247 g/mol. The van der Waals surface area contributed by atoms with Crippen LogP contribution in [0.1, 0.15) is 29.1 Å². The number of rotatable bonds is 3. The van der Waals surface area contributed by atoms with E-state index in [4.69, 9.17) is 5.73 Å². The lowest BCUT2D eigenvalue weighted by molar-refractivity contribution is 0.0587. The highest BCUT2D eigenvalue weighted by Gasteiger charge is 2.15. The van der Waals surface area contributed by atoms with Crippen LogP contribution in [0.4, 0.5) is 0 Å². The topological polar surface area (TPSA) is 95.9 Å². The normalized spacial score (nSPS) is 12.2. The van der Waals surface area contributed by atoms with Crippen LogP contribution in [0.15, 0.2) is 24.7 Å². The Balaban J connectivity index is 2.43. The molecule has 0 aliphatic rings. The smallest absolute Gasteiger partial charge is 0.377 e. The summed E-state index contributed by atoms with van der Waals surface area (Å²) in [6, 6.07) is 3.45. The molecule has 0 bridgehead atoms. The first-order valence-electron chi connectivity index (χ1n) is 5.34. The highest BCUT2D eigenvalue weighted by Crippen LogP contribution is 2.16. The second kappa shape index (κ2) is 4.92. The largest absolute Gasteiger partial charge is 0.463 e. The molecular formula is C11H13N5O2. The minimum atomic E-state index is -0.591. The molecule has 94 valence electrons. The van der Waals surface area contributed by atoms with Gasteiger partial charge in [0.05, 0.1) is 7.11 Å². The predicted octanol–water partition coefficient (Wildman–Crippen LogP) is 0.469. The van der Waals surface area contributed by atoms with Crippen LogP contribution in [-0.2, 0) is 4.74 Å². The molecule has 7 nitrogen and oxygen atoms in total. The standard InChI is InChI=1S/C11H13N5O2/c1-7(12)8-4-3-5-13-10(8)16-6-14-9(15-16)11(17)18-2/h3-7H,12H2,1-2H3. The molecule has 0 spiro atoms. The minimum Gasteiger partial charge on any atom is -0.463 e. The van der Waals surface area contributed by atoms with Crippen LogP contribution in [-0.4, -0.2) is 32.8 Å². The Kier molecular flexibility index (Phi) is 3.33. The molecule has 0 radical (unpaired) electrons. The van der Waals surface area contributed by atoms with Crippen molar-refractivity contribution < 1.29 is 9.53 Å². The molecule has 0 amide bonds. The highest BCUT2D eigenvalue weighted by atomic mass is 16.5. The summed E-state index contributed by atoms with van der Waals surface area (Å²) < 4.78 is 5.95. The molecule has 1 atom stereocenters. The van der Waals surface area contributed by atoms with E-state index in [1.807, 2.05) is 13.0 Å². The number of ether oxygens (including phenoxy) is 1. The summed E-state index contributed by atoms with van der Waals surface area (Å²) in [4.78, 5) is 19.3. The Hall–Kier alpha value is -2.28. The van der Waals surface area contributed by atoms with Crippen molar-refractivity contribution in [1.29, 1.82) is 0 Å². The van der Waals surface area contributed by atoms with Gasteiger partial charge in [-0.05, 0) is 13.0 Å². The summed E-state index contributed by atoms with van der Waals surface area (Å²) in [5.74, 6) is -0.0547. The van der Waals surface area contributed by atoms with Crippen molar-refractivity contribution >= 4 is 5.97 Å². The van der Waals surface area contributed by atoms with Gasteiger partial charge in [0.15, 0.2) is 5.82 Å². The summed E-state index contributed by atoms with van der Waals surface area (Å²) >= 11 is 0. The van der Waals surface area contributed by atoms with Crippen molar-refractivity contribution in [3.8, 4) is 5.82 Å². The molecular weight excluding hydrogens is 234 g/mol. The van der Waals surface area contributed by atoms with E-state index in [0.29, 0.717) is 5.82 Å². The maximum absolute atomic E-state index is 11.3. The van der Waals surface area contributed by atoms with E-state index in [1.165, 1.54) is 18.1 Å². The first-order chi connectivity index (χ1) is 8.63. The fourth-order valence-corrected chi connectivity index (χ4v) is 1.51.